The lowest BCUT2D eigenvalue weighted by molar-refractivity contribution is 0.0760. The van der Waals surface area contributed by atoms with E-state index >= 15 is 0 Å². The van der Waals surface area contributed by atoms with Gasteiger partial charge in [-0.05, 0) is 35.7 Å². The molecule has 0 aromatic heterocycles. The molecule has 2 rings (SSSR count). The summed E-state index contributed by atoms with van der Waals surface area (Å²) in [4.78, 5) is 12.0. The molecule has 1 N–H and O–H groups in total. The summed E-state index contributed by atoms with van der Waals surface area (Å²) in [6.45, 7) is 9.43. The van der Waals surface area contributed by atoms with Crippen LogP contribution in [0.5, 0.6) is 0 Å². The molecule has 0 atom stereocenters. The van der Waals surface area contributed by atoms with Gasteiger partial charge in [-0.2, -0.15) is 0 Å². The summed E-state index contributed by atoms with van der Waals surface area (Å²) in [7, 11) is 0. The first-order chi connectivity index (χ1) is 9.76. The number of hydrogen-bond acceptors (Lipinski definition) is 2. The van der Waals surface area contributed by atoms with Crippen LogP contribution in [0.25, 0.3) is 0 Å². The van der Waals surface area contributed by atoms with E-state index in [9.17, 15) is 4.79 Å². The van der Waals surface area contributed by atoms with Crippen molar-refractivity contribution in [1.29, 1.82) is 0 Å². The Morgan fingerprint density at radius 2 is 1.71 bits per heavy atom. The summed E-state index contributed by atoms with van der Waals surface area (Å²) in [5, 5.41) is 3.04. The Morgan fingerprint density at radius 3 is 2.29 bits per heavy atom. The molecule has 1 fully saturated rings. The van der Waals surface area contributed by atoms with Crippen molar-refractivity contribution in [3.63, 3.8) is 0 Å². The smallest absolute Gasteiger partial charge is 0.407 e. The van der Waals surface area contributed by atoms with Crippen molar-refractivity contribution in [2.75, 3.05) is 0 Å². The Bertz CT molecular complexity index is 463. The second-order valence-corrected chi connectivity index (χ2v) is 7.82. The second kappa shape index (κ2) is 6.08. The van der Waals surface area contributed by atoms with Crippen LogP contribution in [0.15, 0.2) is 30.3 Å². The molecule has 1 aliphatic carbocycles. The molecule has 1 aromatic carbocycles. The zero-order chi connectivity index (χ0) is 15.5. The molecule has 1 amide bonds. The third kappa shape index (κ3) is 5.07. The molecule has 1 saturated carbocycles. The van der Waals surface area contributed by atoms with Crippen molar-refractivity contribution in [3.8, 4) is 0 Å². The van der Waals surface area contributed by atoms with Gasteiger partial charge in [0.05, 0.1) is 0 Å². The summed E-state index contributed by atoms with van der Waals surface area (Å²) in [6.07, 6.45) is 2.91. The lowest BCUT2D eigenvalue weighted by Crippen LogP contribution is -2.46. The minimum absolute atomic E-state index is 0.201. The maximum atomic E-state index is 12.0. The highest BCUT2D eigenvalue weighted by Gasteiger charge is 2.39. The molecule has 0 spiro atoms. The minimum Gasteiger partial charge on any atom is -0.445 e. The van der Waals surface area contributed by atoms with Gasteiger partial charge in [-0.3, -0.25) is 0 Å². The Balaban J connectivity index is 1.85. The third-order valence-electron chi connectivity index (χ3n) is 4.09. The van der Waals surface area contributed by atoms with Crippen LogP contribution in [0.4, 0.5) is 4.79 Å². The maximum absolute atomic E-state index is 12.0. The molecule has 3 heteroatoms. The molecule has 0 bridgehead atoms. The van der Waals surface area contributed by atoms with E-state index in [2.05, 4.69) is 33.0 Å². The second-order valence-electron chi connectivity index (χ2n) is 7.82. The number of carbonyl (C=O) groups excluding carboxylic acids is 1. The molecule has 0 radical (unpaired) electrons. The summed E-state index contributed by atoms with van der Waals surface area (Å²) >= 11 is 0. The van der Waals surface area contributed by atoms with Crippen molar-refractivity contribution < 1.29 is 9.53 Å². The van der Waals surface area contributed by atoms with Crippen molar-refractivity contribution >= 4 is 6.09 Å². The van der Waals surface area contributed by atoms with E-state index in [1.165, 1.54) is 6.42 Å². The lowest BCUT2D eigenvalue weighted by Gasteiger charge is -2.44. The SMILES string of the molecule is CC1(C)CC(NC(=O)OCc2ccccc2)CC(C)(C)C1. The molecule has 1 aromatic rings. The van der Waals surface area contributed by atoms with Crippen LogP contribution in [-0.2, 0) is 11.3 Å². The van der Waals surface area contributed by atoms with E-state index in [1.807, 2.05) is 30.3 Å². The van der Waals surface area contributed by atoms with Crippen LogP contribution in [-0.4, -0.2) is 12.1 Å². The van der Waals surface area contributed by atoms with E-state index in [-0.39, 0.29) is 23.0 Å². The Morgan fingerprint density at radius 1 is 1.14 bits per heavy atom. The Labute approximate surface area is 128 Å². The number of benzene rings is 1. The van der Waals surface area contributed by atoms with E-state index in [0.717, 1.165) is 18.4 Å². The highest BCUT2D eigenvalue weighted by Crippen LogP contribution is 2.45. The minimum atomic E-state index is -0.308. The number of hydrogen-bond donors (Lipinski definition) is 1. The number of ether oxygens (including phenoxy) is 1. The third-order valence-corrected chi connectivity index (χ3v) is 4.09. The molecule has 0 saturated heterocycles. The van der Waals surface area contributed by atoms with Gasteiger partial charge < -0.3 is 10.1 Å². The summed E-state index contributed by atoms with van der Waals surface area (Å²) < 4.78 is 5.32. The van der Waals surface area contributed by atoms with E-state index in [1.54, 1.807) is 0 Å². The first kappa shape index (κ1) is 15.9. The number of carbonyl (C=O) groups is 1. The molecule has 1 aliphatic rings. The molecule has 3 nitrogen and oxygen atoms in total. The summed E-state index contributed by atoms with van der Waals surface area (Å²) in [5.41, 5.74) is 1.54. The van der Waals surface area contributed by atoms with E-state index < -0.39 is 0 Å². The fourth-order valence-corrected chi connectivity index (χ4v) is 3.88. The van der Waals surface area contributed by atoms with Gasteiger partial charge in [0.2, 0.25) is 0 Å². The molecular formula is C18H27NO2. The number of nitrogens with one attached hydrogen (secondary N) is 1. The molecular weight excluding hydrogens is 262 g/mol. The number of amides is 1. The van der Waals surface area contributed by atoms with Gasteiger partial charge in [-0.15, -0.1) is 0 Å². The van der Waals surface area contributed by atoms with E-state index in [4.69, 9.17) is 4.74 Å². The van der Waals surface area contributed by atoms with Crippen LogP contribution in [0.1, 0.15) is 52.5 Å². The van der Waals surface area contributed by atoms with Gasteiger partial charge in [-0.25, -0.2) is 4.79 Å². The monoisotopic (exact) mass is 289 g/mol. The summed E-state index contributed by atoms with van der Waals surface area (Å²) in [6, 6.07) is 9.97. The zero-order valence-corrected chi connectivity index (χ0v) is 13.6. The molecule has 0 heterocycles. The van der Waals surface area contributed by atoms with Crippen molar-refractivity contribution in [3.05, 3.63) is 35.9 Å². The lowest BCUT2D eigenvalue weighted by atomic mass is 9.63. The van der Waals surface area contributed by atoms with Gasteiger partial charge in [0.25, 0.3) is 0 Å². The maximum Gasteiger partial charge on any atom is 0.407 e. The molecule has 21 heavy (non-hydrogen) atoms. The summed E-state index contributed by atoms with van der Waals surface area (Å²) in [5.74, 6) is 0. The Kier molecular flexibility index (Phi) is 4.60. The van der Waals surface area contributed by atoms with Gasteiger partial charge in [0.1, 0.15) is 6.61 Å². The molecule has 0 aliphatic heterocycles. The highest BCUT2D eigenvalue weighted by molar-refractivity contribution is 5.67. The van der Waals surface area contributed by atoms with Gasteiger partial charge in [-0.1, -0.05) is 58.0 Å². The number of alkyl carbamates (subject to hydrolysis) is 1. The van der Waals surface area contributed by atoms with E-state index in [0.29, 0.717) is 6.61 Å². The quantitative estimate of drug-likeness (QED) is 0.888. The highest BCUT2D eigenvalue weighted by atomic mass is 16.5. The average molecular weight is 289 g/mol. The molecule has 0 unspecified atom stereocenters. The standard InChI is InChI=1S/C18H27NO2/c1-17(2)10-15(11-18(3,4)13-17)19-16(20)21-12-14-8-6-5-7-9-14/h5-9,15H,10-13H2,1-4H3,(H,19,20). The number of rotatable bonds is 3. The zero-order valence-electron chi connectivity index (χ0n) is 13.6. The van der Waals surface area contributed by atoms with Crippen LogP contribution in [0.2, 0.25) is 0 Å². The van der Waals surface area contributed by atoms with Crippen LogP contribution in [0, 0.1) is 10.8 Å². The van der Waals surface area contributed by atoms with Crippen molar-refractivity contribution in [1.82, 2.24) is 5.32 Å². The topological polar surface area (TPSA) is 38.3 Å². The normalized spacial score (nSPS) is 20.8. The largest absolute Gasteiger partial charge is 0.445 e. The predicted octanol–water partition coefficient (Wildman–Crippen LogP) is 4.52. The Hall–Kier alpha value is -1.51. The first-order valence-electron chi connectivity index (χ1n) is 7.73. The predicted molar refractivity (Wildman–Crippen MR) is 85.0 cm³/mol. The van der Waals surface area contributed by atoms with Gasteiger partial charge in [0.15, 0.2) is 0 Å². The van der Waals surface area contributed by atoms with Crippen LogP contribution >= 0.6 is 0 Å². The van der Waals surface area contributed by atoms with Crippen molar-refractivity contribution in [2.24, 2.45) is 10.8 Å². The first-order valence-corrected chi connectivity index (χ1v) is 7.73. The fourth-order valence-electron chi connectivity index (χ4n) is 3.88. The molecule has 116 valence electrons. The fraction of sp³-hybridized carbons (Fsp3) is 0.611. The van der Waals surface area contributed by atoms with Crippen LogP contribution < -0.4 is 5.32 Å². The van der Waals surface area contributed by atoms with Crippen molar-refractivity contribution in [2.45, 2.75) is 59.6 Å². The van der Waals surface area contributed by atoms with Crippen LogP contribution in [0.3, 0.4) is 0 Å². The van der Waals surface area contributed by atoms with Gasteiger partial charge in [0, 0.05) is 6.04 Å². The average Bonchev–Trinajstić information content (AvgIpc) is 2.33. The van der Waals surface area contributed by atoms with Gasteiger partial charge >= 0.3 is 6.09 Å².